The Morgan fingerprint density at radius 2 is 1.93 bits per heavy atom. The lowest BCUT2D eigenvalue weighted by atomic mass is 10.2. The van der Waals surface area contributed by atoms with Gasteiger partial charge in [-0.05, 0) is 19.1 Å². The fourth-order valence-corrected chi connectivity index (χ4v) is 3.98. The number of fused-ring (bicyclic) bond motifs is 1. The van der Waals surface area contributed by atoms with E-state index < -0.39 is 0 Å². The third-order valence-electron chi connectivity index (χ3n) is 4.39. The molecule has 1 N–H and O–H groups in total. The molecule has 0 aliphatic carbocycles. The number of nitrogens with one attached hydrogen (secondary N) is 1. The van der Waals surface area contributed by atoms with Crippen molar-refractivity contribution in [1.29, 1.82) is 0 Å². The summed E-state index contributed by atoms with van der Waals surface area (Å²) in [5, 5.41) is 3.98. The number of rotatable bonds is 6. The summed E-state index contributed by atoms with van der Waals surface area (Å²) in [7, 11) is 0. The van der Waals surface area contributed by atoms with Gasteiger partial charge in [0.1, 0.15) is 10.8 Å². The Morgan fingerprint density at radius 1 is 1.15 bits per heavy atom. The summed E-state index contributed by atoms with van der Waals surface area (Å²) in [6, 6.07) is 17.9. The third-order valence-corrected chi connectivity index (χ3v) is 5.60. The van der Waals surface area contributed by atoms with E-state index >= 15 is 0 Å². The van der Waals surface area contributed by atoms with E-state index in [1.54, 1.807) is 17.5 Å². The van der Waals surface area contributed by atoms with Crippen LogP contribution in [0.3, 0.4) is 0 Å². The molecule has 0 spiro atoms. The molecule has 0 saturated carbocycles. The molecule has 6 heteroatoms. The molecule has 4 aromatic rings. The molecule has 5 nitrogen and oxygen atoms in total. The van der Waals surface area contributed by atoms with Crippen molar-refractivity contribution in [3.8, 4) is 11.4 Å². The Kier molecular flexibility index (Phi) is 4.98. The van der Waals surface area contributed by atoms with Gasteiger partial charge in [0, 0.05) is 30.9 Å². The van der Waals surface area contributed by atoms with Crippen molar-refractivity contribution < 1.29 is 4.79 Å². The first-order chi connectivity index (χ1) is 13.2. The molecule has 2 aromatic carbocycles. The van der Waals surface area contributed by atoms with Gasteiger partial charge in [0.15, 0.2) is 0 Å². The molecule has 1 atom stereocenters. The molecule has 0 aliphatic heterocycles. The lowest BCUT2D eigenvalue weighted by Gasteiger charge is -2.12. The van der Waals surface area contributed by atoms with Gasteiger partial charge in [-0.3, -0.25) is 4.79 Å². The topological polar surface area (TPSA) is 59.8 Å². The zero-order valence-corrected chi connectivity index (χ0v) is 15.8. The fourth-order valence-electron chi connectivity index (χ4n) is 3.01. The van der Waals surface area contributed by atoms with Crippen molar-refractivity contribution in [2.45, 2.75) is 25.9 Å². The van der Waals surface area contributed by atoms with Crippen LogP contribution >= 0.6 is 11.3 Å². The highest BCUT2D eigenvalue weighted by molar-refractivity contribution is 7.18. The number of imidazole rings is 1. The zero-order chi connectivity index (χ0) is 18.6. The zero-order valence-electron chi connectivity index (χ0n) is 15.0. The molecular weight excluding hydrogens is 356 g/mol. The molecular formula is C21H20N4OS. The van der Waals surface area contributed by atoms with Crippen LogP contribution in [0.5, 0.6) is 0 Å². The van der Waals surface area contributed by atoms with Crippen LogP contribution in [0.25, 0.3) is 21.6 Å². The van der Waals surface area contributed by atoms with E-state index in [-0.39, 0.29) is 11.9 Å². The molecule has 0 bridgehead atoms. The van der Waals surface area contributed by atoms with Gasteiger partial charge in [-0.2, -0.15) is 0 Å². The third kappa shape index (κ3) is 3.90. The fraction of sp³-hybridized carbons (Fsp3) is 0.190. The van der Waals surface area contributed by atoms with Gasteiger partial charge in [-0.15, -0.1) is 11.3 Å². The van der Waals surface area contributed by atoms with Crippen LogP contribution in [-0.4, -0.2) is 20.4 Å². The Labute approximate surface area is 161 Å². The summed E-state index contributed by atoms with van der Waals surface area (Å²) >= 11 is 1.62. The average Bonchev–Trinajstić information content (AvgIpc) is 3.34. The lowest BCUT2D eigenvalue weighted by Crippen LogP contribution is -2.27. The second-order valence-corrected chi connectivity index (χ2v) is 7.43. The smallest absolute Gasteiger partial charge is 0.222 e. The maximum absolute atomic E-state index is 12.4. The van der Waals surface area contributed by atoms with Gasteiger partial charge in [0.25, 0.3) is 0 Å². The molecule has 2 heterocycles. The quantitative estimate of drug-likeness (QED) is 0.542. The monoisotopic (exact) mass is 376 g/mol. The van der Waals surface area contributed by atoms with Crippen LogP contribution in [0, 0.1) is 0 Å². The number of carbonyl (C=O) groups excluding carboxylic acids is 1. The number of benzene rings is 2. The van der Waals surface area contributed by atoms with Crippen LogP contribution in [-0.2, 0) is 11.3 Å². The van der Waals surface area contributed by atoms with E-state index in [9.17, 15) is 4.79 Å². The minimum Gasteiger partial charge on any atom is -0.347 e. The molecule has 136 valence electrons. The van der Waals surface area contributed by atoms with Crippen LogP contribution in [0.4, 0.5) is 0 Å². The van der Waals surface area contributed by atoms with Crippen molar-refractivity contribution in [1.82, 2.24) is 19.9 Å². The average molecular weight is 376 g/mol. The van der Waals surface area contributed by atoms with Crippen molar-refractivity contribution in [2.75, 3.05) is 0 Å². The molecule has 0 aliphatic rings. The summed E-state index contributed by atoms with van der Waals surface area (Å²) in [4.78, 5) is 21.5. The SMILES string of the molecule is C[C@@H](NC(=O)CCn1ccnc1-c1ccccc1)c1nc2ccccc2s1. The van der Waals surface area contributed by atoms with Crippen LogP contribution in [0.2, 0.25) is 0 Å². The van der Waals surface area contributed by atoms with E-state index in [0.717, 1.165) is 26.6 Å². The van der Waals surface area contributed by atoms with Crippen molar-refractivity contribution >= 4 is 27.5 Å². The first kappa shape index (κ1) is 17.4. The summed E-state index contributed by atoms with van der Waals surface area (Å²) < 4.78 is 3.15. The largest absolute Gasteiger partial charge is 0.347 e. The molecule has 0 unspecified atom stereocenters. The van der Waals surface area contributed by atoms with Gasteiger partial charge in [0.2, 0.25) is 5.91 Å². The highest BCUT2D eigenvalue weighted by atomic mass is 32.1. The van der Waals surface area contributed by atoms with Crippen molar-refractivity contribution in [3.05, 3.63) is 72.0 Å². The number of aryl methyl sites for hydroxylation is 1. The molecule has 2 aromatic heterocycles. The molecule has 0 saturated heterocycles. The first-order valence-corrected chi connectivity index (χ1v) is 9.74. The predicted octanol–water partition coefficient (Wildman–Crippen LogP) is 4.43. The maximum Gasteiger partial charge on any atom is 0.222 e. The number of aromatic nitrogens is 3. The van der Waals surface area contributed by atoms with E-state index in [2.05, 4.69) is 21.4 Å². The minimum absolute atomic E-state index is 0.00877. The van der Waals surface area contributed by atoms with Crippen molar-refractivity contribution in [2.24, 2.45) is 0 Å². The van der Waals surface area contributed by atoms with Gasteiger partial charge in [-0.1, -0.05) is 42.5 Å². The molecule has 4 rings (SSSR count). The molecule has 0 radical (unpaired) electrons. The first-order valence-electron chi connectivity index (χ1n) is 8.92. The number of carbonyl (C=O) groups is 1. The summed E-state index contributed by atoms with van der Waals surface area (Å²) in [5.74, 6) is 0.886. The number of thiazole rings is 1. The normalized spacial score (nSPS) is 12.2. The second-order valence-electron chi connectivity index (χ2n) is 6.37. The highest BCUT2D eigenvalue weighted by Gasteiger charge is 2.14. The highest BCUT2D eigenvalue weighted by Crippen LogP contribution is 2.26. The number of hydrogen-bond donors (Lipinski definition) is 1. The Hall–Kier alpha value is -2.99. The Bertz CT molecular complexity index is 1020. The Balaban J connectivity index is 1.38. The minimum atomic E-state index is -0.105. The molecule has 1 amide bonds. The van der Waals surface area contributed by atoms with Crippen molar-refractivity contribution in [3.63, 3.8) is 0 Å². The molecule has 0 fully saturated rings. The van der Waals surface area contributed by atoms with E-state index in [0.29, 0.717) is 13.0 Å². The van der Waals surface area contributed by atoms with E-state index in [4.69, 9.17) is 0 Å². The summed E-state index contributed by atoms with van der Waals surface area (Å²) in [6.07, 6.45) is 4.07. The second kappa shape index (κ2) is 7.72. The van der Waals surface area contributed by atoms with E-state index in [1.165, 1.54) is 0 Å². The molecule has 27 heavy (non-hydrogen) atoms. The predicted molar refractivity (Wildman–Crippen MR) is 108 cm³/mol. The van der Waals surface area contributed by atoms with Gasteiger partial charge >= 0.3 is 0 Å². The van der Waals surface area contributed by atoms with Gasteiger partial charge < -0.3 is 9.88 Å². The van der Waals surface area contributed by atoms with Gasteiger partial charge in [0.05, 0.1) is 16.3 Å². The number of para-hydroxylation sites is 1. The van der Waals surface area contributed by atoms with Crippen LogP contribution in [0.1, 0.15) is 24.4 Å². The Morgan fingerprint density at radius 3 is 2.74 bits per heavy atom. The number of hydrogen-bond acceptors (Lipinski definition) is 4. The summed E-state index contributed by atoms with van der Waals surface area (Å²) in [6.45, 7) is 2.56. The lowest BCUT2D eigenvalue weighted by molar-refractivity contribution is -0.121. The van der Waals surface area contributed by atoms with Gasteiger partial charge in [-0.25, -0.2) is 9.97 Å². The summed E-state index contributed by atoms with van der Waals surface area (Å²) in [5.41, 5.74) is 2.02. The maximum atomic E-state index is 12.4. The van der Waals surface area contributed by atoms with Crippen LogP contribution in [0.15, 0.2) is 67.0 Å². The number of nitrogens with zero attached hydrogens (tertiary/aromatic N) is 3. The standard InChI is InChI=1S/C21H20N4OS/c1-15(21-24-17-9-5-6-10-18(17)27-21)23-19(26)11-13-25-14-12-22-20(25)16-7-3-2-4-8-16/h2-10,12,14-15H,11,13H2,1H3,(H,23,26)/t15-/m1/s1. The van der Waals surface area contributed by atoms with E-state index in [1.807, 2.05) is 66.2 Å². The number of amides is 1. The van der Waals surface area contributed by atoms with Crippen LogP contribution < -0.4 is 5.32 Å².